The van der Waals surface area contributed by atoms with Crippen molar-refractivity contribution in [3.8, 4) is 0 Å². The average Bonchev–Trinajstić information content (AvgIpc) is 3.19. The molecule has 0 bridgehead atoms. The molecule has 1 amide bonds. The number of hydrogen-bond donors (Lipinski definition) is 2. The van der Waals surface area contributed by atoms with Crippen LogP contribution in [0.25, 0.3) is 0 Å². The van der Waals surface area contributed by atoms with E-state index in [1.54, 1.807) is 6.08 Å². The maximum absolute atomic E-state index is 12.9. The van der Waals surface area contributed by atoms with E-state index in [2.05, 4.69) is 19.2 Å². The van der Waals surface area contributed by atoms with E-state index >= 15 is 0 Å². The Morgan fingerprint density at radius 1 is 0.576 bits per heavy atom. The minimum atomic E-state index is -4.59. The van der Waals surface area contributed by atoms with E-state index in [-0.39, 0.29) is 19.1 Å². The summed E-state index contributed by atoms with van der Waals surface area (Å²) in [6, 6.07) is -0.880. The third-order valence-electron chi connectivity index (χ3n) is 11.7. The van der Waals surface area contributed by atoms with E-state index in [0.29, 0.717) is 17.4 Å². The second kappa shape index (κ2) is 42.5. The molecule has 2 N–H and O–H groups in total. The number of nitrogens with one attached hydrogen (secondary N) is 1. The maximum Gasteiger partial charge on any atom is 0.268 e. The van der Waals surface area contributed by atoms with Crippen molar-refractivity contribution in [3.05, 3.63) is 12.2 Å². The largest absolute Gasteiger partial charge is 0.756 e. The van der Waals surface area contributed by atoms with Gasteiger partial charge in [-0.25, -0.2) is 0 Å². The Kier molecular flexibility index (Phi) is 42.0. The molecule has 0 fully saturated rings. The molecule has 59 heavy (non-hydrogen) atoms. The predicted octanol–water partition coefficient (Wildman–Crippen LogP) is 14.1. The van der Waals surface area contributed by atoms with E-state index in [9.17, 15) is 19.4 Å². The minimum absolute atomic E-state index is 0.00245. The fourth-order valence-corrected chi connectivity index (χ4v) is 8.41. The van der Waals surface area contributed by atoms with Gasteiger partial charge in [0.2, 0.25) is 5.91 Å². The predicted molar refractivity (Wildman–Crippen MR) is 252 cm³/mol. The zero-order valence-corrected chi connectivity index (χ0v) is 40.9. The molecular formula is C50H101N2O6P. The normalized spacial score (nSPS) is 14.2. The van der Waals surface area contributed by atoms with Crippen LogP contribution in [0.15, 0.2) is 12.2 Å². The summed E-state index contributed by atoms with van der Waals surface area (Å²) >= 11 is 0. The molecule has 0 aromatic carbocycles. The molecule has 9 heteroatoms. The van der Waals surface area contributed by atoms with Crippen LogP contribution in [0.4, 0.5) is 0 Å². The summed E-state index contributed by atoms with van der Waals surface area (Å²) in [5, 5.41) is 13.8. The minimum Gasteiger partial charge on any atom is -0.756 e. The van der Waals surface area contributed by atoms with Crippen LogP contribution in [0, 0.1) is 0 Å². The van der Waals surface area contributed by atoms with Crippen LogP contribution in [0.5, 0.6) is 0 Å². The highest BCUT2D eigenvalue weighted by Gasteiger charge is 2.23. The van der Waals surface area contributed by atoms with Gasteiger partial charge in [0.15, 0.2) is 0 Å². The van der Waals surface area contributed by atoms with Gasteiger partial charge >= 0.3 is 0 Å². The fourth-order valence-electron chi connectivity index (χ4n) is 7.68. The Hall–Kier alpha value is -0.760. The van der Waals surface area contributed by atoms with Crippen LogP contribution >= 0.6 is 7.82 Å². The topological polar surface area (TPSA) is 108 Å². The molecule has 0 rings (SSSR count). The average molecular weight is 857 g/mol. The molecule has 0 aromatic rings. The highest BCUT2D eigenvalue weighted by atomic mass is 31.2. The van der Waals surface area contributed by atoms with Crippen LogP contribution < -0.4 is 10.2 Å². The van der Waals surface area contributed by atoms with Crippen LogP contribution in [-0.4, -0.2) is 68.5 Å². The molecule has 0 heterocycles. The van der Waals surface area contributed by atoms with Gasteiger partial charge in [-0.15, -0.1) is 0 Å². The fraction of sp³-hybridized carbons (Fsp3) is 0.940. The zero-order chi connectivity index (χ0) is 43.6. The molecule has 0 saturated carbocycles. The summed E-state index contributed by atoms with van der Waals surface area (Å²) < 4.78 is 23.3. The zero-order valence-electron chi connectivity index (χ0n) is 40.0. The van der Waals surface area contributed by atoms with E-state index in [0.717, 1.165) is 38.5 Å². The molecule has 0 spiro atoms. The number of carbonyl (C=O) groups excluding carboxylic acids is 1. The number of hydrogen-bond acceptors (Lipinski definition) is 6. The Morgan fingerprint density at radius 3 is 1.27 bits per heavy atom. The lowest BCUT2D eigenvalue weighted by atomic mass is 10.0. The second-order valence-corrected chi connectivity index (χ2v) is 20.3. The first-order valence-electron chi connectivity index (χ1n) is 25.6. The number of nitrogens with zero attached hydrogens (tertiary/aromatic N) is 1. The van der Waals surface area contributed by atoms with E-state index in [1.165, 1.54) is 193 Å². The van der Waals surface area contributed by atoms with Gasteiger partial charge < -0.3 is 28.8 Å². The SMILES string of the molecule is CCCCCCCCCCCCCCCCCCCC/C=C/C(O)C(COP(=O)([O-])OCC[N+](C)(C)C)NC(=O)CCCCCCCCCCCCCCCCCCC. The Labute approximate surface area is 367 Å². The van der Waals surface area contributed by atoms with Crippen molar-refractivity contribution in [3.63, 3.8) is 0 Å². The van der Waals surface area contributed by atoms with Crippen LogP contribution in [0.3, 0.4) is 0 Å². The van der Waals surface area contributed by atoms with Crippen LogP contribution in [0.2, 0.25) is 0 Å². The van der Waals surface area contributed by atoms with Gasteiger partial charge in [0, 0.05) is 6.42 Å². The number of amides is 1. The number of phosphoric acid groups is 1. The Bertz CT molecular complexity index is 974. The summed E-state index contributed by atoms with van der Waals surface area (Å²) in [5.41, 5.74) is 0. The lowest BCUT2D eigenvalue weighted by Gasteiger charge is -2.29. The first-order chi connectivity index (χ1) is 28.5. The van der Waals surface area contributed by atoms with E-state index < -0.39 is 20.0 Å². The maximum atomic E-state index is 12.9. The molecular weight excluding hydrogens is 756 g/mol. The van der Waals surface area contributed by atoms with Gasteiger partial charge in [-0.1, -0.05) is 238 Å². The van der Waals surface area contributed by atoms with E-state index in [1.807, 2.05) is 27.2 Å². The molecule has 0 aromatic heterocycles. The summed E-state index contributed by atoms with van der Waals surface area (Å²) in [6.45, 7) is 4.68. The van der Waals surface area contributed by atoms with Gasteiger partial charge in [-0.05, 0) is 19.3 Å². The molecule has 0 aliphatic heterocycles. The van der Waals surface area contributed by atoms with Crippen molar-refractivity contribution in [2.24, 2.45) is 0 Å². The number of aliphatic hydroxyl groups is 1. The molecule has 8 nitrogen and oxygen atoms in total. The molecule has 0 aliphatic carbocycles. The van der Waals surface area contributed by atoms with Crippen LogP contribution in [0.1, 0.15) is 251 Å². The van der Waals surface area contributed by atoms with Gasteiger partial charge in [0.1, 0.15) is 13.2 Å². The molecule has 3 atom stereocenters. The third kappa shape index (κ3) is 45.1. The number of likely N-dealkylation sites (N-methyl/N-ethyl adjacent to an activating group) is 1. The first kappa shape index (κ1) is 58.2. The van der Waals surface area contributed by atoms with Crippen molar-refractivity contribution in [2.75, 3.05) is 40.9 Å². The number of aliphatic hydroxyl groups excluding tert-OH is 1. The number of quaternary nitrogens is 1. The summed E-state index contributed by atoms with van der Waals surface area (Å²) in [5.74, 6) is -0.192. The standard InChI is InChI=1S/C50H101N2O6P/c1-6-8-10-12-14-16-18-20-22-24-25-26-28-29-31-33-35-37-39-41-43-49(53)48(47-58-59(55,56)57-46-45-52(3,4)5)51-50(54)44-42-40-38-36-34-32-30-27-23-21-19-17-15-13-11-9-7-2/h41,43,48-49,53H,6-40,42,44-47H2,1-5H3,(H-,51,54,55,56)/b43-41+. The Morgan fingerprint density at radius 2 is 0.915 bits per heavy atom. The van der Waals surface area contributed by atoms with Crippen molar-refractivity contribution in [1.29, 1.82) is 0 Å². The van der Waals surface area contributed by atoms with Crippen LogP contribution in [-0.2, 0) is 18.4 Å². The lowest BCUT2D eigenvalue weighted by Crippen LogP contribution is -2.45. The molecule has 3 unspecified atom stereocenters. The summed E-state index contributed by atoms with van der Waals surface area (Å²) in [6.07, 6.45) is 49.7. The first-order valence-corrected chi connectivity index (χ1v) is 27.0. The number of allylic oxidation sites excluding steroid dienone is 1. The van der Waals surface area contributed by atoms with Gasteiger partial charge in [0.05, 0.1) is 39.9 Å². The molecule has 0 aliphatic rings. The number of unbranched alkanes of at least 4 members (excludes halogenated alkanes) is 34. The van der Waals surface area contributed by atoms with Gasteiger partial charge in [0.25, 0.3) is 7.82 Å². The van der Waals surface area contributed by atoms with Crippen molar-refractivity contribution in [1.82, 2.24) is 5.32 Å². The molecule has 0 saturated heterocycles. The molecule has 352 valence electrons. The lowest BCUT2D eigenvalue weighted by molar-refractivity contribution is -0.870. The Balaban J connectivity index is 4.29. The molecule has 0 radical (unpaired) electrons. The summed E-state index contributed by atoms with van der Waals surface area (Å²) in [4.78, 5) is 25.4. The quantitative estimate of drug-likeness (QED) is 0.0273. The third-order valence-corrected chi connectivity index (χ3v) is 12.7. The van der Waals surface area contributed by atoms with Crippen molar-refractivity contribution >= 4 is 13.7 Å². The number of carbonyl (C=O) groups is 1. The highest BCUT2D eigenvalue weighted by Crippen LogP contribution is 2.38. The van der Waals surface area contributed by atoms with E-state index in [4.69, 9.17) is 9.05 Å². The number of phosphoric ester groups is 1. The smallest absolute Gasteiger partial charge is 0.268 e. The van der Waals surface area contributed by atoms with Gasteiger partial charge in [-0.3, -0.25) is 9.36 Å². The van der Waals surface area contributed by atoms with Crippen molar-refractivity contribution < 1.29 is 32.9 Å². The highest BCUT2D eigenvalue weighted by molar-refractivity contribution is 7.45. The summed E-state index contributed by atoms with van der Waals surface area (Å²) in [7, 11) is 1.27. The van der Waals surface area contributed by atoms with Gasteiger partial charge in [-0.2, -0.15) is 0 Å². The monoisotopic (exact) mass is 857 g/mol. The second-order valence-electron chi connectivity index (χ2n) is 18.9. The number of rotatable bonds is 47. The van der Waals surface area contributed by atoms with Crippen molar-refractivity contribution in [2.45, 2.75) is 264 Å².